The lowest BCUT2D eigenvalue weighted by Crippen LogP contribution is -2.10. The molecule has 2 heterocycles. The summed E-state index contributed by atoms with van der Waals surface area (Å²) >= 11 is 0. The molecule has 20 heavy (non-hydrogen) atoms. The SMILES string of the molecule is CCC(C)Cn1nnc(C(=O)O)c1-c1cnn(CC)c1. The van der Waals surface area contributed by atoms with Crippen LogP contribution in [-0.4, -0.2) is 35.9 Å². The minimum Gasteiger partial charge on any atom is -0.476 e. The predicted octanol–water partition coefficient (Wildman–Crippen LogP) is 1.91. The molecule has 7 nitrogen and oxygen atoms in total. The summed E-state index contributed by atoms with van der Waals surface area (Å²) in [5.41, 5.74) is 1.24. The molecule has 1 atom stereocenters. The summed E-state index contributed by atoms with van der Waals surface area (Å²) in [7, 11) is 0. The zero-order chi connectivity index (χ0) is 14.7. The summed E-state index contributed by atoms with van der Waals surface area (Å²) in [5, 5.41) is 21.2. The van der Waals surface area contributed by atoms with Crippen molar-refractivity contribution in [1.82, 2.24) is 24.8 Å². The lowest BCUT2D eigenvalue weighted by Gasteiger charge is -2.10. The van der Waals surface area contributed by atoms with Gasteiger partial charge in [0, 0.05) is 24.8 Å². The van der Waals surface area contributed by atoms with Crippen LogP contribution in [0, 0.1) is 5.92 Å². The van der Waals surface area contributed by atoms with Gasteiger partial charge in [-0.05, 0) is 12.8 Å². The molecule has 0 saturated carbocycles. The molecular formula is C13H19N5O2. The molecule has 0 radical (unpaired) electrons. The van der Waals surface area contributed by atoms with E-state index in [4.69, 9.17) is 0 Å². The number of carbonyl (C=O) groups is 1. The van der Waals surface area contributed by atoms with E-state index in [2.05, 4.69) is 29.3 Å². The maximum Gasteiger partial charge on any atom is 0.358 e. The number of carboxylic acids is 1. The van der Waals surface area contributed by atoms with Crippen LogP contribution in [0.15, 0.2) is 12.4 Å². The highest BCUT2D eigenvalue weighted by atomic mass is 16.4. The zero-order valence-electron chi connectivity index (χ0n) is 11.9. The smallest absolute Gasteiger partial charge is 0.358 e. The van der Waals surface area contributed by atoms with Gasteiger partial charge in [0.1, 0.15) is 5.69 Å². The van der Waals surface area contributed by atoms with Crippen LogP contribution in [0.25, 0.3) is 11.3 Å². The third-order valence-corrected chi connectivity index (χ3v) is 3.35. The highest BCUT2D eigenvalue weighted by Crippen LogP contribution is 2.23. The molecule has 1 N–H and O–H groups in total. The Morgan fingerprint density at radius 2 is 2.20 bits per heavy atom. The van der Waals surface area contributed by atoms with Crippen molar-refractivity contribution in [3.05, 3.63) is 18.1 Å². The zero-order valence-corrected chi connectivity index (χ0v) is 11.9. The predicted molar refractivity (Wildman–Crippen MR) is 73.3 cm³/mol. The summed E-state index contributed by atoms with van der Waals surface area (Å²) in [6.07, 6.45) is 4.47. The lowest BCUT2D eigenvalue weighted by molar-refractivity contribution is 0.0691. The minimum atomic E-state index is -1.07. The first-order chi connectivity index (χ1) is 9.56. The molecule has 0 saturated heterocycles. The number of aryl methyl sites for hydroxylation is 1. The van der Waals surface area contributed by atoms with E-state index in [1.807, 2.05) is 13.1 Å². The average molecular weight is 277 g/mol. The fourth-order valence-electron chi connectivity index (χ4n) is 1.95. The molecule has 0 spiro atoms. The summed E-state index contributed by atoms with van der Waals surface area (Å²) in [5.74, 6) is -0.669. The second-order valence-electron chi connectivity index (χ2n) is 4.87. The van der Waals surface area contributed by atoms with Crippen molar-refractivity contribution in [1.29, 1.82) is 0 Å². The van der Waals surface area contributed by atoms with Gasteiger partial charge < -0.3 is 5.11 Å². The van der Waals surface area contributed by atoms with Gasteiger partial charge in [-0.25, -0.2) is 9.48 Å². The van der Waals surface area contributed by atoms with Crippen LogP contribution in [0.1, 0.15) is 37.7 Å². The molecule has 0 fully saturated rings. The third kappa shape index (κ3) is 2.71. The van der Waals surface area contributed by atoms with Gasteiger partial charge in [-0.1, -0.05) is 25.5 Å². The van der Waals surface area contributed by atoms with Crippen molar-refractivity contribution < 1.29 is 9.90 Å². The molecule has 0 aliphatic heterocycles. The summed E-state index contributed by atoms with van der Waals surface area (Å²) < 4.78 is 3.41. The van der Waals surface area contributed by atoms with E-state index in [9.17, 15) is 9.90 Å². The van der Waals surface area contributed by atoms with Crippen molar-refractivity contribution in [2.24, 2.45) is 5.92 Å². The highest BCUT2D eigenvalue weighted by molar-refractivity contribution is 5.92. The number of hydrogen-bond donors (Lipinski definition) is 1. The molecule has 0 bridgehead atoms. The van der Waals surface area contributed by atoms with Crippen LogP contribution in [0.5, 0.6) is 0 Å². The van der Waals surface area contributed by atoms with E-state index >= 15 is 0 Å². The molecule has 2 rings (SSSR count). The van der Waals surface area contributed by atoms with Gasteiger partial charge in [0.2, 0.25) is 0 Å². The average Bonchev–Trinajstić information content (AvgIpc) is 3.04. The van der Waals surface area contributed by atoms with Gasteiger partial charge in [0.05, 0.1) is 6.20 Å². The summed E-state index contributed by atoms with van der Waals surface area (Å²) in [4.78, 5) is 11.3. The summed E-state index contributed by atoms with van der Waals surface area (Å²) in [6.45, 7) is 7.54. The largest absolute Gasteiger partial charge is 0.476 e. The topological polar surface area (TPSA) is 85.8 Å². The molecule has 108 valence electrons. The number of rotatable bonds is 6. The molecule has 0 aromatic carbocycles. The number of hydrogen-bond acceptors (Lipinski definition) is 4. The van der Waals surface area contributed by atoms with Crippen molar-refractivity contribution >= 4 is 5.97 Å². The first-order valence-electron chi connectivity index (χ1n) is 6.76. The van der Waals surface area contributed by atoms with Gasteiger partial charge in [0.15, 0.2) is 5.69 Å². The number of nitrogens with zero attached hydrogens (tertiary/aromatic N) is 5. The van der Waals surface area contributed by atoms with Crippen molar-refractivity contribution in [2.75, 3.05) is 0 Å². The Morgan fingerprint density at radius 3 is 2.75 bits per heavy atom. The van der Waals surface area contributed by atoms with Crippen LogP contribution < -0.4 is 0 Å². The first kappa shape index (κ1) is 14.2. The van der Waals surface area contributed by atoms with Crippen LogP contribution in [0.3, 0.4) is 0 Å². The maximum atomic E-state index is 11.3. The molecule has 2 aromatic rings. The fourth-order valence-corrected chi connectivity index (χ4v) is 1.95. The molecule has 1 unspecified atom stereocenters. The minimum absolute atomic E-state index is 0.0241. The Kier molecular flexibility index (Phi) is 4.16. The number of aromatic nitrogens is 5. The van der Waals surface area contributed by atoms with E-state index in [1.54, 1.807) is 15.6 Å². The molecule has 0 aliphatic rings. The Labute approximate surface area is 117 Å². The molecule has 2 aromatic heterocycles. The number of aromatic carboxylic acids is 1. The molecule has 0 amide bonds. The summed E-state index contributed by atoms with van der Waals surface area (Å²) in [6, 6.07) is 0. The van der Waals surface area contributed by atoms with Gasteiger partial charge in [-0.15, -0.1) is 5.10 Å². The number of carboxylic acid groups (broad SMARTS) is 1. The van der Waals surface area contributed by atoms with Crippen LogP contribution in [0.2, 0.25) is 0 Å². The Hall–Kier alpha value is -2.18. The van der Waals surface area contributed by atoms with Gasteiger partial charge in [-0.3, -0.25) is 4.68 Å². The van der Waals surface area contributed by atoms with E-state index in [1.165, 1.54) is 0 Å². The monoisotopic (exact) mass is 277 g/mol. The highest BCUT2D eigenvalue weighted by Gasteiger charge is 2.22. The standard InChI is InChI=1S/C13H19N5O2/c1-4-9(3)7-18-12(11(13(19)20)15-16-18)10-6-14-17(5-2)8-10/h6,8-9H,4-5,7H2,1-3H3,(H,19,20). The van der Waals surface area contributed by atoms with Crippen molar-refractivity contribution in [2.45, 2.75) is 40.3 Å². The Balaban J connectivity index is 2.46. The fraction of sp³-hybridized carbons (Fsp3) is 0.538. The Bertz CT molecular complexity index is 602. The molecule has 0 aliphatic carbocycles. The second kappa shape index (κ2) is 5.85. The van der Waals surface area contributed by atoms with Crippen molar-refractivity contribution in [3.8, 4) is 11.3 Å². The van der Waals surface area contributed by atoms with Crippen LogP contribution >= 0.6 is 0 Å². The normalized spacial score (nSPS) is 12.6. The van der Waals surface area contributed by atoms with E-state index < -0.39 is 5.97 Å². The van der Waals surface area contributed by atoms with Gasteiger partial charge in [0.25, 0.3) is 0 Å². The second-order valence-corrected chi connectivity index (χ2v) is 4.87. The van der Waals surface area contributed by atoms with Crippen LogP contribution in [0.4, 0.5) is 0 Å². The molecule has 7 heteroatoms. The first-order valence-corrected chi connectivity index (χ1v) is 6.76. The lowest BCUT2D eigenvalue weighted by atomic mass is 10.1. The van der Waals surface area contributed by atoms with Crippen LogP contribution in [-0.2, 0) is 13.1 Å². The molecular weight excluding hydrogens is 258 g/mol. The third-order valence-electron chi connectivity index (χ3n) is 3.35. The van der Waals surface area contributed by atoms with E-state index in [-0.39, 0.29) is 5.69 Å². The quantitative estimate of drug-likeness (QED) is 0.871. The van der Waals surface area contributed by atoms with Gasteiger partial charge >= 0.3 is 5.97 Å². The van der Waals surface area contributed by atoms with E-state index in [0.717, 1.165) is 18.5 Å². The van der Waals surface area contributed by atoms with E-state index in [0.29, 0.717) is 18.2 Å². The van der Waals surface area contributed by atoms with Gasteiger partial charge in [-0.2, -0.15) is 5.10 Å². The maximum absolute atomic E-state index is 11.3. The van der Waals surface area contributed by atoms with Crippen molar-refractivity contribution in [3.63, 3.8) is 0 Å². The Morgan fingerprint density at radius 1 is 1.45 bits per heavy atom.